The fraction of sp³-hybridized carbons (Fsp3) is 0.227. The number of pyridine rings is 1. The highest BCUT2D eigenvalue weighted by Gasteiger charge is 2.20. The third kappa shape index (κ3) is 7.51. The number of ether oxygens (including phenoxy) is 1. The molecule has 2 atom stereocenters. The van der Waals surface area contributed by atoms with E-state index in [9.17, 15) is 19.1 Å². The number of nitrogens with zero attached hydrogens (tertiary/aromatic N) is 1. The van der Waals surface area contributed by atoms with Crippen molar-refractivity contribution in [3.05, 3.63) is 83.6 Å². The predicted octanol–water partition coefficient (Wildman–Crippen LogP) is 3.07. The van der Waals surface area contributed by atoms with Crippen LogP contribution in [0.3, 0.4) is 0 Å². The van der Waals surface area contributed by atoms with Crippen molar-refractivity contribution in [1.29, 1.82) is 0 Å². The molecule has 164 valence electrons. The van der Waals surface area contributed by atoms with Crippen molar-refractivity contribution in [1.82, 2.24) is 15.6 Å². The molecule has 1 heterocycles. The maximum absolute atomic E-state index is 13.4. The predicted molar refractivity (Wildman–Crippen MR) is 115 cm³/mol. The molecule has 0 aliphatic carbocycles. The van der Waals surface area contributed by atoms with E-state index < -0.39 is 30.3 Å². The van der Waals surface area contributed by atoms with Crippen LogP contribution >= 0.6 is 11.6 Å². The van der Waals surface area contributed by atoms with Crippen molar-refractivity contribution in [3.63, 3.8) is 0 Å². The number of carbonyl (C=O) groups is 2. The first kappa shape index (κ1) is 24.0. The second kappa shape index (κ2) is 11.2. The molecule has 2 unspecified atom stereocenters. The van der Waals surface area contributed by atoms with E-state index in [0.29, 0.717) is 0 Å². The lowest BCUT2D eigenvalue weighted by molar-refractivity contribution is -0.122. The van der Waals surface area contributed by atoms with E-state index in [-0.39, 0.29) is 34.5 Å². The Morgan fingerprint density at radius 3 is 2.71 bits per heavy atom. The topological polar surface area (TPSA) is 101 Å². The smallest absolute Gasteiger partial charge is 0.262 e. The van der Waals surface area contributed by atoms with Crippen LogP contribution in [0.2, 0.25) is 5.02 Å². The molecule has 0 bridgehead atoms. The number of benzene rings is 1. The molecule has 31 heavy (non-hydrogen) atoms. The van der Waals surface area contributed by atoms with Crippen LogP contribution in [0.4, 0.5) is 4.39 Å². The number of nitrogens with one attached hydrogen (secondary N) is 2. The summed E-state index contributed by atoms with van der Waals surface area (Å²) in [5.41, 5.74) is 0.895. The molecule has 3 N–H and O–H groups in total. The Labute approximate surface area is 184 Å². The number of hydrogen-bond acceptors (Lipinski definition) is 5. The van der Waals surface area contributed by atoms with Gasteiger partial charge in [-0.2, -0.15) is 0 Å². The molecule has 0 radical (unpaired) electrons. The lowest BCUT2D eigenvalue weighted by Crippen LogP contribution is -2.34. The molecule has 0 spiro atoms. The zero-order valence-corrected chi connectivity index (χ0v) is 17.7. The Balaban J connectivity index is 1.78. The van der Waals surface area contributed by atoms with Crippen LogP contribution in [0.15, 0.2) is 67.2 Å². The zero-order valence-electron chi connectivity index (χ0n) is 16.9. The van der Waals surface area contributed by atoms with Gasteiger partial charge in [0.25, 0.3) is 5.91 Å². The lowest BCUT2D eigenvalue weighted by Gasteiger charge is -2.19. The Bertz CT molecular complexity index is 968. The number of carbonyl (C=O) groups excluding carboxylic acids is 2. The highest BCUT2D eigenvalue weighted by atomic mass is 35.5. The van der Waals surface area contributed by atoms with Gasteiger partial charge < -0.3 is 20.5 Å². The van der Waals surface area contributed by atoms with Crippen LogP contribution in [-0.4, -0.2) is 34.6 Å². The standard InChI is InChI=1S/C22H23ClFN3O4/c1-13(26-21(29)12-31-17-6-7-18(23)19(24)10-17)9-20(28)14(2)22(30)27-15(3)16-5-4-8-25-11-16/h4-8,10-11,15,20,28H,1-2,9,12H2,3H3,(H,26,29)(H,27,30). The molecule has 7 nitrogen and oxygen atoms in total. The molecule has 1 aromatic carbocycles. The number of hydrogen-bond donors (Lipinski definition) is 3. The third-order valence-corrected chi connectivity index (χ3v) is 4.55. The first-order valence-corrected chi connectivity index (χ1v) is 9.68. The third-order valence-electron chi connectivity index (χ3n) is 4.24. The normalized spacial score (nSPS) is 12.4. The van der Waals surface area contributed by atoms with E-state index in [4.69, 9.17) is 16.3 Å². The Morgan fingerprint density at radius 2 is 2.06 bits per heavy atom. The summed E-state index contributed by atoms with van der Waals surface area (Å²) in [5, 5.41) is 15.4. The Kier molecular flexibility index (Phi) is 8.72. The molecule has 1 aromatic heterocycles. The maximum Gasteiger partial charge on any atom is 0.262 e. The summed E-state index contributed by atoms with van der Waals surface area (Å²) in [7, 11) is 0. The summed E-state index contributed by atoms with van der Waals surface area (Å²) in [6, 6.07) is 7.03. The molecule has 0 fully saturated rings. The van der Waals surface area contributed by atoms with Gasteiger partial charge in [-0.25, -0.2) is 4.39 Å². The molecule has 0 saturated carbocycles. The number of amides is 2. The summed E-state index contributed by atoms with van der Waals surface area (Å²) in [6.45, 7) is 8.66. The van der Waals surface area contributed by atoms with Gasteiger partial charge in [-0.15, -0.1) is 0 Å². The van der Waals surface area contributed by atoms with Gasteiger partial charge in [0.05, 0.1) is 17.2 Å². The van der Waals surface area contributed by atoms with Crippen LogP contribution in [0.1, 0.15) is 24.9 Å². The van der Waals surface area contributed by atoms with Gasteiger partial charge in [0.15, 0.2) is 6.61 Å². The van der Waals surface area contributed by atoms with Gasteiger partial charge in [-0.05, 0) is 30.7 Å². The van der Waals surface area contributed by atoms with Gasteiger partial charge in [0.2, 0.25) is 5.91 Å². The quantitative estimate of drug-likeness (QED) is 0.486. The van der Waals surface area contributed by atoms with E-state index in [0.717, 1.165) is 11.6 Å². The fourth-order valence-electron chi connectivity index (χ4n) is 2.51. The lowest BCUT2D eigenvalue weighted by atomic mass is 10.0. The van der Waals surface area contributed by atoms with Crippen molar-refractivity contribution < 1.29 is 23.8 Å². The minimum atomic E-state index is -1.25. The van der Waals surface area contributed by atoms with E-state index in [1.54, 1.807) is 25.4 Å². The van der Waals surface area contributed by atoms with Gasteiger partial charge in [-0.1, -0.05) is 30.8 Å². The number of aromatic nitrogens is 1. The van der Waals surface area contributed by atoms with Gasteiger partial charge in [-0.3, -0.25) is 14.6 Å². The molecule has 0 aliphatic rings. The number of aliphatic hydroxyl groups is 1. The van der Waals surface area contributed by atoms with Crippen LogP contribution < -0.4 is 15.4 Å². The summed E-state index contributed by atoms with van der Waals surface area (Å²) in [4.78, 5) is 28.3. The van der Waals surface area contributed by atoms with Crippen LogP contribution in [0.25, 0.3) is 0 Å². The second-order valence-corrected chi connectivity index (χ2v) is 7.15. The average Bonchev–Trinajstić information content (AvgIpc) is 2.74. The highest BCUT2D eigenvalue weighted by molar-refractivity contribution is 6.30. The summed E-state index contributed by atoms with van der Waals surface area (Å²) in [5.74, 6) is -1.62. The van der Waals surface area contributed by atoms with E-state index in [2.05, 4.69) is 28.8 Å². The van der Waals surface area contributed by atoms with Crippen LogP contribution in [0, 0.1) is 5.82 Å². The largest absolute Gasteiger partial charge is 0.484 e. The molecule has 2 amide bonds. The number of aliphatic hydroxyl groups excluding tert-OH is 1. The maximum atomic E-state index is 13.4. The highest BCUT2D eigenvalue weighted by Crippen LogP contribution is 2.20. The van der Waals surface area contributed by atoms with Gasteiger partial charge in [0, 0.05) is 36.2 Å². The minimum absolute atomic E-state index is 0.0572. The molecular formula is C22H23ClFN3O4. The Morgan fingerprint density at radius 1 is 1.32 bits per heavy atom. The molecule has 2 rings (SSSR count). The molecular weight excluding hydrogens is 425 g/mol. The zero-order chi connectivity index (χ0) is 23.0. The first-order valence-electron chi connectivity index (χ1n) is 9.30. The van der Waals surface area contributed by atoms with Crippen molar-refractivity contribution in [2.75, 3.05) is 6.61 Å². The van der Waals surface area contributed by atoms with Gasteiger partial charge in [0.1, 0.15) is 11.6 Å². The second-order valence-electron chi connectivity index (χ2n) is 6.74. The van der Waals surface area contributed by atoms with E-state index in [1.807, 2.05) is 6.07 Å². The molecule has 2 aromatic rings. The van der Waals surface area contributed by atoms with Crippen LogP contribution in [0.5, 0.6) is 5.75 Å². The van der Waals surface area contributed by atoms with Crippen molar-refractivity contribution in [2.24, 2.45) is 0 Å². The minimum Gasteiger partial charge on any atom is -0.484 e. The van der Waals surface area contributed by atoms with Gasteiger partial charge >= 0.3 is 0 Å². The number of halogens is 2. The van der Waals surface area contributed by atoms with Crippen molar-refractivity contribution >= 4 is 23.4 Å². The number of rotatable bonds is 10. The summed E-state index contributed by atoms with van der Waals surface area (Å²) in [6.07, 6.45) is 1.89. The monoisotopic (exact) mass is 447 g/mol. The van der Waals surface area contributed by atoms with Crippen molar-refractivity contribution in [3.8, 4) is 5.75 Å². The molecule has 0 aliphatic heterocycles. The molecule has 9 heteroatoms. The molecule has 0 saturated heterocycles. The van der Waals surface area contributed by atoms with E-state index >= 15 is 0 Å². The SMILES string of the molecule is C=C(CC(O)C(=C)C(=O)NC(C)c1cccnc1)NC(=O)COc1ccc(Cl)c(F)c1. The van der Waals surface area contributed by atoms with Crippen molar-refractivity contribution in [2.45, 2.75) is 25.5 Å². The van der Waals surface area contributed by atoms with E-state index in [1.165, 1.54) is 12.1 Å². The average molecular weight is 448 g/mol. The van der Waals surface area contributed by atoms with Crippen LogP contribution in [-0.2, 0) is 9.59 Å². The summed E-state index contributed by atoms with van der Waals surface area (Å²) >= 11 is 5.58. The summed E-state index contributed by atoms with van der Waals surface area (Å²) < 4.78 is 18.6. The fourth-order valence-corrected chi connectivity index (χ4v) is 2.63. The Hall–Kier alpha value is -3.23. The first-order chi connectivity index (χ1) is 14.7.